The van der Waals surface area contributed by atoms with E-state index in [0.717, 1.165) is 11.1 Å². The van der Waals surface area contributed by atoms with Gasteiger partial charge in [0.1, 0.15) is 5.75 Å². The third-order valence-electron chi connectivity index (χ3n) is 2.89. The topological polar surface area (TPSA) is 67.0 Å². The molecule has 6 heteroatoms. The van der Waals surface area contributed by atoms with Crippen molar-refractivity contribution in [1.29, 1.82) is 0 Å². The third-order valence-corrected chi connectivity index (χ3v) is 3.13. The Morgan fingerprint density at radius 1 is 1.55 bits per heavy atom. The number of hydrogen-bond acceptors (Lipinski definition) is 3. The molecule has 0 fully saturated rings. The summed E-state index contributed by atoms with van der Waals surface area (Å²) in [6, 6.07) is 5.17. The molecule has 1 unspecified atom stereocenters. The highest BCUT2D eigenvalue weighted by atomic mass is 35.5. The van der Waals surface area contributed by atoms with Crippen molar-refractivity contribution in [3.8, 4) is 5.75 Å². The van der Waals surface area contributed by atoms with Gasteiger partial charge in [-0.2, -0.15) is 5.10 Å². The van der Waals surface area contributed by atoms with Crippen LogP contribution in [0, 0.1) is 6.92 Å². The standard InChI is InChI=1S/C14H16ClN3O2/c1-9-5-12(15)3-4-13(9)20-8-14(19)18-10(2)11-6-16-17-7-11/h3-7,10H,8H2,1-2H3,(H,16,17)(H,18,19). The van der Waals surface area contributed by atoms with Crippen molar-refractivity contribution in [1.82, 2.24) is 15.5 Å². The first-order chi connectivity index (χ1) is 9.56. The summed E-state index contributed by atoms with van der Waals surface area (Å²) in [7, 11) is 0. The van der Waals surface area contributed by atoms with E-state index in [4.69, 9.17) is 16.3 Å². The number of H-pyrrole nitrogens is 1. The highest BCUT2D eigenvalue weighted by Crippen LogP contribution is 2.21. The molecule has 0 aliphatic heterocycles. The molecule has 106 valence electrons. The van der Waals surface area contributed by atoms with Gasteiger partial charge >= 0.3 is 0 Å². The van der Waals surface area contributed by atoms with Crippen LogP contribution in [-0.4, -0.2) is 22.7 Å². The molecule has 1 heterocycles. The van der Waals surface area contributed by atoms with Gasteiger partial charge in [-0.1, -0.05) is 11.6 Å². The Labute approximate surface area is 122 Å². The number of carbonyl (C=O) groups is 1. The Morgan fingerprint density at radius 3 is 3.00 bits per heavy atom. The highest BCUT2D eigenvalue weighted by molar-refractivity contribution is 6.30. The van der Waals surface area contributed by atoms with Gasteiger partial charge in [-0.15, -0.1) is 0 Å². The van der Waals surface area contributed by atoms with E-state index in [9.17, 15) is 4.79 Å². The number of aromatic nitrogens is 2. The summed E-state index contributed by atoms with van der Waals surface area (Å²) < 4.78 is 5.48. The van der Waals surface area contributed by atoms with E-state index in [1.807, 2.05) is 13.8 Å². The Kier molecular flexibility index (Phi) is 4.63. The van der Waals surface area contributed by atoms with Gasteiger partial charge in [-0.3, -0.25) is 9.89 Å². The fourth-order valence-corrected chi connectivity index (χ4v) is 2.01. The molecule has 2 aromatic rings. The highest BCUT2D eigenvalue weighted by Gasteiger charge is 2.11. The van der Waals surface area contributed by atoms with E-state index < -0.39 is 0 Å². The summed E-state index contributed by atoms with van der Waals surface area (Å²) >= 11 is 5.86. The van der Waals surface area contributed by atoms with Crippen LogP contribution in [0.15, 0.2) is 30.6 Å². The summed E-state index contributed by atoms with van der Waals surface area (Å²) in [4.78, 5) is 11.8. The zero-order chi connectivity index (χ0) is 14.5. The van der Waals surface area contributed by atoms with E-state index in [-0.39, 0.29) is 18.6 Å². The number of nitrogens with one attached hydrogen (secondary N) is 2. The maximum Gasteiger partial charge on any atom is 0.258 e. The van der Waals surface area contributed by atoms with E-state index in [1.165, 1.54) is 0 Å². The van der Waals surface area contributed by atoms with Gasteiger partial charge in [-0.25, -0.2) is 0 Å². The van der Waals surface area contributed by atoms with Crippen LogP contribution < -0.4 is 10.1 Å². The second-order valence-corrected chi connectivity index (χ2v) is 4.96. The van der Waals surface area contributed by atoms with Crippen molar-refractivity contribution in [2.75, 3.05) is 6.61 Å². The van der Waals surface area contributed by atoms with Gasteiger partial charge < -0.3 is 10.1 Å². The lowest BCUT2D eigenvalue weighted by molar-refractivity contribution is -0.123. The molecule has 1 atom stereocenters. The molecule has 1 aromatic heterocycles. The fourth-order valence-electron chi connectivity index (χ4n) is 1.78. The molecule has 5 nitrogen and oxygen atoms in total. The first-order valence-electron chi connectivity index (χ1n) is 6.23. The number of benzene rings is 1. The van der Waals surface area contributed by atoms with Crippen LogP contribution in [0.25, 0.3) is 0 Å². The van der Waals surface area contributed by atoms with Crippen molar-refractivity contribution in [2.45, 2.75) is 19.9 Å². The number of amides is 1. The number of aromatic amines is 1. The van der Waals surface area contributed by atoms with Gasteiger partial charge in [0.15, 0.2) is 6.61 Å². The number of aryl methyl sites for hydroxylation is 1. The molecule has 0 saturated heterocycles. The fraction of sp³-hybridized carbons (Fsp3) is 0.286. The van der Waals surface area contributed by atoms with Crippen LogP contribution in [0.5, 0.6) is 5.75 Å². The number of carbonyl (C=O) groups excluding carboxylic acids is 1. The van der Waals surface area contributed by atoms with Crippen LogP contribution >= 0.6 is 11.6 Å². The zero-order valence-corrected chi connectivity index (χ0v) is 12.1. The summed E-state index contributed by atoms with van der Waals surface area (Å²) in [5, 5.41) is 10.0. The SMILES string of the molecule is Cc1cc(Cl)ccc1OCC(=O)NC(C)c1cn[nH]c1. The average molecular weight is 294 g/mol. The summed E-state index contributed by atoms with van der Waals surface area (Å²) in [5.41, 5.74) is 1.81. The van der Waals surface area contributed by atoms with Crippen LogP contribution in [0.4, 0.5) is 0 Å². The molecule has 0 radical (unpaired) electrons. The van der Waals surface area contributed by atoms with Gasteiger partial charge in [0.05, 0.1) is 12.2 Å². The lowest BCUT2D eigenvalue weighted by atomic mass is 10.2. The number of nitrogens with zero attached hydrogens (tertiary/aromatic N) is 1. The lowest BCUT2D eigenvalue weighted by Crippen LogP contribution is -2.31. The van der Waals surface area contributed by atoms with Crippen molar-refractivity contribution >= 4 is 17.5 Å². The summed E-state index contributed by atoms with van der Waals surface area (Å²) in [6.45, 7) is 3.73. The molecule has 0 saturated carbocycles. The molecule has 1 amide bonds. The van der Waals surface area contributed by atoms with E-state index in [0.29, 0.717) is 10.8 Å². The third kappa shape index (κ3) is 3.74. The quantitative estimate of drug-likeness (QED) is 0.890. The van der Waals surface area contributed by atoms with Crippen LogP contribution in [0.2, 0.25) is 5.02 Å². The predicted molar refractivity (Wildman–Crippen MR) is 76.8 cm³/mol. The molecule has 20 heavy (non-hydrogen) atoms. The minimum Gasteiger partial charge on any atom is -0.484 e. The molecule has 2 rings (SSSR count). The average Bonchev–Trinajstić information content (AvgIpc) is 2.91. The normalized spacial score (nSPS) is 11.9. The minimum atomic E-state index is -0.187. The largest absolute Gasteiger partial charge is 0.484 e. The van der Waals surface area contributed by atoms with E-state index in [2.05, 4.69) is 15.5 Å². The van der Waals surface area contributed by atoms with Gasteiger partial charge in [-0.05, 0) is 37.6 Å². The second-order valence-electron chi connectivity index (χ2n) is 4.52. The number of rotatable bonds is 5. The van der Waals surface area contributed by atoms with Gasteiger partial charge in [0.25, 0.3) is 5.91 Å². The minimum absolute atomic E-state index is 0.0370. The molecule has 0 aliphatic carbocycles. The molecule has 0 bridgehead atoms. The van der Waals surface area contributed by atoms with Crippen molar-refractivity contribution < 1.29 is 9.53 Å². The molecule has 1 aromatic carbocycles. The number of hydrogen-bond donors (Lipinski definition) is 2. The number of halogens is 1. The van der Waals surface area contributed by atoms with Crippen LogP contribution in [-0.2, 0) is 4.79 Å². The summed E-state index contributed by atoms with van der Waals surface area (Å²) in [6.07, 6.45) is 3.42. The molecular weight excluding hydrogens is 278 g/mol. The Balaban J connectivity index is 1.86. The predicted octanol–water partition coefficient (Wildman–Crippen LogP) is 2.63. The number of ether oxygens (including phenoxy) is 1. The first-order valence-corrected chi connectivity index (χ1v) is 6.61. The second kappa shape index (κ2) is 6.43. The van der Waals surface area contributed by atoms with Crippen molar-refractivity contribution in [3.05, 3.63) is 46.7 Å². The Hall–Kier alpha value is -2.01. The lowest BCUT2D eigenvalue weighted by Gasteiger charge is -2.13. The van der Waals surface area contributed by atoms with Gasteiger partial charge in [0, 0.05) is 16.8 Å². The molecule has 0 aliphatic rings. The maximum atomic E-state index is 11.8. The molecular formula is C14H16ClN3O2. The first kappa shape index (κ1) is 14.4. The van der Waals surface area contributed by atoms with Crippen molar-refractivity contribution in [2.24, 2.45) is 0 Å². The van der Waals surface area contributed by atoms with E-state index >= 15 is 0 Å². The Morgan fingerprint density at radius 2 is 2.35 bits per heavy atom. The van der Waals surface area contributed by atoms with Gasteiger partial charge in [0.2, 0.25) is 0 Å². The Bertz CT molecular complexity index is 584. The van der Waals surface area contributed by atoms with Crippen molar-refractivity contribution in [3.63, 3.8) is 0 Å². The van der Waals surface area contributed by atoms with E-state index in [1.54, 1.807) is 30.6 Å². The summed E-state index contributed by atoms with van der Waals surface area (Å²) in [5.74, 6) is 0.466. The smallest absolute Gasteiger partial charge is 0.258 e. The monoisotopic (exact) mass is 293 g/mol. The molecule has 0 spiro atoms. The zero-order valence-electron chi connectivity index (χ0n) is 11.3. The van der Waals surface area contributed by atoms with Crippen LogP contribution in [0.1, 0.15) is 24.1 Å². The molecule has 2 N–H and O–H groups in total. The maximum absolute atomic E-state index is 11.8. The van der Waals surface area contributed by atoms with Crippen LogP contribution in [0.3, 0.4) is 0 Å².